The van der Waals surface area contributed by atoms with Gasteiger partial charge in [-0.1, -0.05) is 6.07 Å². The van der Waals surface area contributed by atoms with Crippen LogP contribution in [0.5, 0.6) is 0 Å². The maximum Gasteiger partial charge on any atom is 0.224 e. The van der Waals surface area contributed by atoms with Gasteiger partial charge < -0.3 is 16.4 Å². The van der Waals surface area contributed by atoms with Gasteiger partial charge in [0.25, 0.3) is 0 Å². The molecule has 0 aromatic carbocycles. The molecule has 0 spiro atoms. The third-order valence-corrected chi connectivity index (χ3v) is 3.82. The fourth-order valence-electron chi connectivity index (χ4n) is 2.37. The van der Waals surface area contributed by atoms with Gasteiger partial charge in [-0.15, -0.1) is 0 Å². The van der Waals surface area contributed by atoms with Crippen LogP contribution in [0.4, 0.5) is 23.4 Å². The Morgan fingerprint density at radius 1 is 1.17 bits per heavy atom. The maximum absolute atomic E-state index is 5.58. The van der Waals surface area contributed by atoms with E-state index in [1.165, 1.54) is 18.5 Å². The van der Waals surface area contributed by atoms with Crippen LogP contribution < -0.4 is 16.4 Å². The molecule has 0 bridgehead atoms. The van der Waals surface area contributed by atoms with Gasteiger partial charge in [0.05, 0.1) is 0 Å². The molecule has 0 aliphatic heterocycles. The molecule has 0 amide bonds. The minimum Gasteiger partial charge on any atom is -0.384 e. The van der Waals surface area contributed by atoms with Crippen molar-refractivity contribution < 1.29 is 0 Å². The first-order chi connectivity index (χ1) is 11.8. The second-order valence-corrected chi connectivity index (χ2v) is 5.82. The smallest absolute Gasteiger partial charge is 0.224 e. The van der Waals surface area contributed by atoms with Gasteiger partial charge in [-0.2, -0.15) is 10.1 Å². The number of rotatable bonds is 6. The Kier molecular flexibility index (Phi) is 3.70. The zero-order valence-electron chi connectivity index (χ0n) is 13.0. The Bertz CT molecular complexity index is 822. The zero-order valence-corrected chi connectivity index (χ0v) is 13.0. The number of aromatic nitrogens is 5. The van der Waals surface area contributed by atoms with E-state index in [0.29, 0.717) is 30.0 Å². The Hall–Kier alpha value is -3.16. The lowest BCUT2D eigenvalue weighted by Gasteiger charge is -2.07. The molecule has 4 rings (SSSR count). The van der Waals surface area contributed by atoms with E-state index < -0.39 is 0 Å². The highest BCUT2D eigenvalue weighted by Gasteiger charge is 2.25. The number of nitrogens with one attached hydrogen (secondary N) is 3. The third-order valence-electron chi connectivity index (χ3n) is 3.82. The molecule has 0 unspecified atom stereocenters. The highest BCUT2D eigenvalue weighted by atomic mass is 15.2. The molecule has 1 aliphatic carbocycles. The number of nitrogens with zero attached hydrogens (tertiary/aromatic N) is 4. The highest BCUT2D eigenvalue weighted by Crippen LogP contribution is 2.39. The van der Waals surface area contributed by atoms with Crippen molar-refractivity contribution in [1.82, 2.24) is 25.1 Å². The predicted molar refractivity (Wildman–Crippen MR) is 91.9 cm³/mol. The van der Waals surface area contributed by atoms with Crippen molar-refractivity contribution >= 4 is 23.4 Å². The molecule has 1 aliphatic rings. The first kappa shape index (κ1) is 14.4. The third kappa shape index (κ3) is 3.43. The van der Waals surface area contributed by atoms with E-state index in [-0.39, 0.29) is 0 Å². The quantitative estimate of drug-likeness (QED) is 0.550. The van der Waals surface area contributed by atoms with Gasteiger partial charge in [0, 0.05) is 36.6 Å². The molecule has 3 aromatic heterocycles. The molecule has 24 heavy (non-hydrogen) atoms. The number of anilines is 4. The summed E-state index contributed by atoms with van der Waals surface area (Å²) in [5.74, 6) is 3.14. The molecule has 1 fully saturated rings. The van der Waals surface area contributed by atoms with E-state index in [4.69, 9.17) is 5.73 Å². The minimum absolute atomic E-state index is 0.505. The molecule has 8 nitrogen and oxygen atoms in total. The van der Waals surface area contributed by atoms with Crippen molar-refractivity contribution in [3.8, 4) is 0 Å². The molecule has 1 saturated carbocycles. The summed E-state index contributed by atoms with van der Waals surface area (Å²) >= 11 is 0. The second-order valence-electron chi connectivity index (χ2n) is 5.82. The molecule has 3 aromatic rings. The molecule has 0 saturated heterocycles. The van der Waals surface area contributed by atoms with E-state index >= 15 is 0 Å². The van der Waals surface area contributed by atoms with Crippen LogP contribution >= 0.6 is 0 Å². The van der Waals surface area contributed by atoms with E-state index in [9.17, 15) is 0 Å². The summed E-state index contributed by atoms with van der Waals surface area (Å²) in [6.45, 7) is 0.574. The van der Waals surface area contributed by atoms with Crippen LogP contribution in [0.3, 0.4) is 0 Å². The average molecular weight is 322 g/mol. The van der Waals surface area contributed by atoms with Crippen LogP contribution in [0.25, 0.3) is 0 Å². The van der Waals surface area contributed by atoms with Crippen LogP contribution in [-0.4, -0.2) is 25.1 Å². The fourth-order valence-corrected chi connectivity index (χ4v) is 2.37. The van der Waals surface area contributed by atoms with Crippen molar-refractivity contribution in [2.75, 3.05) is 16.4 Å². The van der Waals surface area contributed by atoms with Crippen molar-refractivity contribution in [1.29, 1.82) is 0 Å². The number of hydrogen-bond donors (Lipinski definition) is 4. The normalized spacial score (nSPS) is 13.7. The van der Waals surface area contributed by atoms with E-state index in [1.807, 2.05) is 12.1 Å². The van der Waals surface area contributed by atoms with Gasteiger partial charge in [0.1, 0.15) is 11.6 Å². The van der Waals surface area contributed by atoms with E-state index in [2.05, 4.69) is 35.8 Å². The van der Waals surface area contributed by atoms with Crippen LogP contribution in [0.2, 0.25) is 0 Å². The van der Waals surface area contributed by atoms with Crippen molar-refractivity contribution in [3.05, 3.63) is 47.9 Å². The second kappa shape index (κ2) is 6.15. The van der Waals surface area contributed by atoms with Gasteiger partial charge in [-0.3, -0.25) is 5.10 Å². The van der Waals surface area contributed by atoms with Gasteiger partial charge in [0.2, 0.25) is 5.95 Å². The lowest BCUT2D eigenvalue weighted by molar-refractivity contribution is 0.966. The molecular weight excluding hydrogens is 304 g/mol. The van der Waals surface area contributed by atoms with Crippen LogP contribution in [0.15, 0.2) is 36.7 Å². The van der Waals surface area contributed by atoms with Gasteiger partial charge in [-0.25, -0.2) is 9.97 Å². The minimum atomic E-state index is 0.505. The Morgan fingerprint density at radius 3 is 2.88 bits per heavy atom. The van der Waals surface area contributed by atoms with Gasteiger partial charge in [-0.05, 0) is 30.5 Å². The lowest BCUT2D eigenvalue weighted by Crippen LogP contribution is -2.05. The number of aromatic amines is 1. The summed E-state index contributed by atoms with van der Waals surface area (Å²) in [6, 6.07) is 7.53. The molecule has 8 heteroatoms. The summed E-state index contributed by atoms with van der Waals surface area (Å²) in [5.41, 5.74) is 7.77. The Labute approximate surface area is 138 Å². The lowest BCUT2D eigenvalue weighted by atomic mass is 10.3. The monoisotopic (exact) mass is 322 g/mol. The topological polar surface area (TPSA) is 117 Å². The summed E-state index contributed by atoms with van der Waals surface area (Å²) in [7, 11) is 0. The van der Waals surface area contributed by atoms with E-state index in [0.717, 1.165) is 11.4 Å². The molecule has 5 N–H and O–H groups in total. The van der Waals surface area contributed by atoms with Gasteiger partial charge >= 0.3 is 0 Å². The molecule has 0 atom stereocenters. The average Bonchev–Trinajstić information content (AvgIpc) is 3.35. The van der Waals surface area contributed by atoms with Crippen LogP contribution in [0.1, 0.15) is 30.0 Å². The zero-order chi connectivity index (χ0) is 16.4. The molecule has 0 radical (unpaired) electrons. The first-order valence-electron chi connectivity index (χ1n) is 7.86. The first-order valence-corrected chi connectivity index (χ1v) is 7.86. The molecule has 3 heterocycles. The largest absolute Gasteiger partial charge is 0.384 e. The molecular formula is C16H18N8. The predicted octanol–water partition coefficient (Wildman–Crippen LogP) is 2.41. The van der Waals surface area contributed by atoms with Crippen LogP contribution in [-0.2, 0) is 6.54 Å². The van der Waals surface area contributed by atoms with Crippen molar-refractivity contribution in [2.45, 2.75) is 25.3 Å². The number of nitrogen functional groups attached to an aromatic ring is 1. The number of pyridine rings is 1. The van der Waals surface area contributed by atoms with E-state index in [1.54, 1.807) is 24.5 Å². The summed E-state index contributed by atoms with van der Waals surface area (Å²) in [5, 5.41) is 13.7. The molecule has 122 valence electrons. The van der Waals surface area contributed by atoms with Crippen molar-refractivity contribution in [3.63, 3.8) is 0 Å². The SMILES string of the molecule is Nc1ccc(CNc2nccc(Nc3cc(C4CC4)[nH]n3)n2)cn1. The maximum atomic E-state index is 5.58. The number of hydrogen-bond acceptors (Lipinski definition) is 7. The Morgan fingerprint density at radius 2 is 2.08 bits per heavy atom. The summed E-state index contributed by atoms with van der Waals surface area (Å²) < 4.78 is 0. The van der Waals surface area contributed by atoms with Crippen molar-refractivity contribution in [2.24, 2.45) is 0 Å². The number of H-pyrrole nitrogens is 1. The van der Waals surface area contributed by atoms with Crippen LogP contribution in [0, 0.1) is 0 Å². The Balaban J connectivity index is 1.39. The standard InChI is InChI=1S/C16H18N8/c17-13-4-1-10(8-19-13)9-20-16-18-6-5-14(22-16)21-15-7-12(23-24-15)11-2-3-11/h1,4-8,11H,2-3,9H2,(H2,17,19)(H3,18,20,21,22,23,24). The summed E-state index contributed by atoms with van der Waals surface area (Å²) in [4.78, 5) is 12.7. The number of nitrogens with two attached hydrogens (primary N) is 1. The summed E-state index contributed by atoms with van der Waals surface area (Å²) in [6.07, 6.45) is 5.91. The fraction of sp³-hybridized carbons (Fsp3) is 0.250. The van der Waals surface area contributed by atoms with Gasteiger partial charge in [0.15, 0.2) is 5.82 Å². The highest BCUT2D eigenvalue weighted by molar-refractivity contribution is 5.53.